The van der Waals surface area contributed by atoms with Crippen LogP contribution in [0, 0.1) is 19.0 Å². The molecule has 3 heterocycles. The Bertz CT molecular complexity index is 2550. The molecule has 0 bridgehead atoms. The molecule has 5 heteroatoms. The average molecular weight is 906 g/mol. The molecule has 3 nitrogen and oxygen atoms in total. The first-order valence-electron chi connectivity index (χ1n) is 18.7. The fourth-order valence-electron chi connectivity index (χ4n) is 6.18. The smallest absolute Gasteiger partial charge is 0 e. The number of hydrogen-bond acceptors (Lipinski definition) is 3. The molecule has 255 valence electrons. The molecule has 0 saturated carbocycles. The summed E-state index contributed by atoms with van der Waals surface area (Å²) < 4.78 is 38.9. The monoisotopic (exact) mass is 907 g/mol. The summed E-state index contributed by atoms with van der Waals surface area (Å²) >= 11 is -2.10. The second kappa shape index (κ2) is 15.7. The van der Waals surface area contributed by atoms with E-state index in [9.17, 15) is 0 Å². The van der Waals surface area contributed by atoms with Crippen LogP contribution in [0.5, 0.6) is 0 Å². The number of aryl methyl sites for hydroxylation is 1. The minimum Gasteiger partial charge on any atom is 0 e. The molecule has 0 spiro atoms. The third-order valence-electron chi connectivity index (χ3n) is 8.88. The third-order valence-corrected chi connectivity index (χ3v) is 13.1. The molecule has 0 aliphatic rings. The van der Waals surface area contributed by atoms with Gasteiger partial charge in [-0.25, -0.2) is 0 Å². The van der Waals surface area contributed by atoms with E-state index in [4.69, 9.17) is 9.90 Å². The van der Waals surface area contributed by atoms with Gasteiger partial charge in [-0.2, -0.15) is 0 Å². The van der Waals surface area contributed by atoms with E-state index in [1.807, 2.05) is 104 Å². The van der Waals surface area contributed by atoms with Crippen molar-refractivity contribution in [1.82, 2.24) is 9.97 Å². The number of benzene rings is 5. The second-order valence-corrected chi connectivity index (χ2v) is 23.9. The van der Waals surface area contributed by atoms with Crippen LogP contribution in [0.3, 0.4) is 0 Å². The molecule has 1 unspecified atom stereocenters. The van der Waals surface area contributed by atoms with Crippen LogP contribution < -0.4 is 4.40 Å². The minimum absolute atomic E-state index is 0. The summed E-state index contributed by atoms with van der Waals surface area (Å²) in [5, 5.41) is 2.13. The van der Waals surface area contributed by atoms with E-state index in [1.54, 1.807) is 24.4 Å². The summed E-state index contributed by atoms with van der Waals surface area (Å²) in [6.45, 7) is -0.200. The minimum atomic E-state index is -2.11. The van der Waals surface area contributed by atoms with Crippen molar-refractivity contribution in [1.29, 1.82) is 0 Å². The van der Waals surface area contributed by atoms with E-state index >= 15 is 0 Å². The van der Waals surface area contributed by atoms with Gasteiger partial charge in [0.05, 0.1) is 5.58 Å². The van der Waals surface area contributed by atoms with Crippen molar-refractivity contribution in [2.45, 2.75) is 36.9 Å². The van der Waals surface area contributed by atoms with Crippen LogP contribution in [0.25, 0.3) is 55.6 Å². The molecule has 0 aliphatic heterocycles. The SMILES string of the molecule is [2H]C(C)(c1ccccc1)c1ccnc(-c2[c-]ccc3c2oc2ccccc23)c1.[2H]C([2H])([2H])c1c[c-]c(-c2cc(-c3ccccc3)[c]([Ge]([CH3])([CH3])[CH3])cn2)cc1.[Ir]. The van der Waals surface area contributed by atoms with Gasteiger partial charge in [-0.3, -0.25) is 0 Å². The van der Waals surface area contributed by atoms with Crippen molar-refractivity contribution in [2.75, 3.05) is 0 Å². The molecular formula is C46H40GeIrN2O-2. The maximum absolute atomic E-state index is 8.96. The molecule has 0 fully saturated rings. The Labute approximate surface area is 323 Å². The summed E-state index contributed by atoms with van der Waals surface area (Å²) in [5.74, 6) is 6.21. The molecule has 51 heavy (non-hydrogen) atoms. The molecule has 5 aromatic carbocycles. The Morgan fingerprint density at radius 3 is 2.22 bits per heavy atom. The number of aromatic nitrogens is 2. The number of hydrogen-bond donors (Lipinski definition) is 0. The zero-order valence-electron chi connectivity index (χ0n) is 33.0. The fourth-order valence-corrected chi connectivity index (χ4v) is 9.27. The predicted molar refractivity (Wildman–Crippen MR) is 211 cm³/mol. The number of furan rings is 1. The van der Waals surface area contributed by atoms with Gasteiger partial charge in [-0.15, -0.1) is 18.2 Å². The van der Waals surface area contributed by atoms with Crippen molar-refractivity contribution in [2.24, 2.45) is 0 Å². The Kier molecular flexibility index (Phi) is 9.61. The van der Waals surface area contributed by atoms with E-state index in [0.717, 1.165) is 55.6 Å². The normalized spacial score (nSPS) is 13.8. The first-order chi connectivity index (χ1) is 25.8. The zero-order valence-corrected chi connectivity index (χ0v) is 33.5. The Balaban J connectivity index is 0.000000184. The maximum atomic E-state index is 8.96. The standard InChI is InChI=1S/C25H18NO.C21H22GeN.Ir/c1-17(18-8-3-2-4-9-18)19-14-15-26-23(16-19)22-12-7-11-21-20-10-5-6-13-24(20)27-25(21)22;1-16-10-12-18(13-11-16)21-14-19(17-8-6-5-7-9-17)20(15-23-21)22(2,3)4;/h2-11,13-17H,1H3;5-12,14-15H,1-4H3;/q2*-1;/i17D;1D3;. The molecule has 0 aliphatic carbocycles. The molecule has 1 radical (unpaired) electrons. The largest absolute Gasteiger partial charge is 0 e. The Morgan fingerprint density at radius 1 is 0.745 bits per heavy atom. The third kappa shape index (κ3) is 8.00. The van der Waals surface area contributed by atoms with E-state index < -0.39 is 26.0 Å². The van der Waals surface area contributed by atoms with Crippen LogP contribution >= 0.6 is 0 Å². The molecule has 0 saturated heterocycles. The molecule has 8 rings (SSSR count). The average Bonchev–Trinajstić information content (AvgIpc) is 3.57. The first-order valence-corrected chi connectivity index (χ1v) is 24.1. The van der Waals surface area contributed by atoms with E-state index in [2.05, 4.69) is 63.6 Å². The molecular weight excluding hydrogens is 861 g/mol. The van der Waals surface area contributed by atoms with Crippen molar-refractivity contribution in [3.05, 3.63) is 175 Å². The topological polar surface area (TPSA) is 38.9 Å². The van der Waals surface area contributed by atoms with Gasteiger partial charge in [0.25, 0.3) is 0 Å². The molecule has 8 aromatic rings. The van der Waals surface area contributed by atoms with Crippen LogP contribution in [0.15, 0.2) is 150 Å². The Hall–Kier alpha value is -4.61. The fraction of sp³-hybridized carbons (Fsp3) is 0.130. The number of para-hydroxylation sites is 1. The van der Waals surface area contributed by atoms with E-state index in [-0.39, 0.29) is 20.1 Å². The van der Waals surface area contributed by atoms with Crippen molar-refractivity contribution in [3.8, 4) is 33.6 Å². The molecule has 1 atom stereocenters. The zero-order chi connectivity index (χ0) is 38.1. The van der Waals surface area contributed by atoms with Crippen molar-refractivity contribution in [3.63, 3.8) is 0 Å². The molecule has 3 aromatic heterocycles. The van der Waals surface area contributed by atoms with Crippen LogP contribution in [0.2, 0.25) is 17.3 Å². The number of fused-ring (bicyclic) bond motifs is 3. The van der Waals surface area contributed by atoms with E-state index in [1.165, 1.54) is 15.5 Å². The first kappa shape index (κ1) is 31.2. The van der Waals surface area contributed by atoms with E-state index in [0.29, 0.717) is 5.56 Å². The number of pyridine rings is 2. The van der Waals surface area contributed by atoms with Crippen LogP contribution in [0.4, 0.5) is 0 Å². The number of nitrogens with zero attached hydrogens (tertiary/aromatic N) is 2. The summed E-state index contributed by atoms with van der Waals surface area (Å²) in [4.78, 5) is 9.23. The van der Waals surface area contributed by atoms with Gasteiger partial charge in [0.1, 0.15) is 5.58 Å². The summed E-state index contributed by atoms with van der Waals surface area (Å²) in [6, 6.07) is 49.5. The predicted octanol–water partition coefficient (Wildman–Crippen LogP) is 11.7. The van der Waals surface area contributed by atoms with Crippen LogP contribution in [-0.2, 0) is 20.1 Å². The van der Waals surface area contributed by atoms with Crippen molar-refractivity contribution >= 4 is 39.6 Å². The maximum Gasteiger partial charge on any atom is 0 e. The van der Waals surface area contributed by atoms with Crippen LogP contribution in [0.1, 0.15) is 35.0 Å². The molecule has 0 amide bonds. The Morgan fingerprint density at radius 2 is 1.49 bits per heavy atom. The van der Waals surface area contributed by atoms with Gasteiger partial charge in [-0.1, -0.05) is 72.5 Å². The van der Waals surface area contributed by atoms with Gasteiger partial charge < -0.3 is 9.40 Å². The van der Waals surface area contributed by atoms with Gasteiger partial charge >= 0.3 is 146 Å². The van der Waals surface area contributed by atoms with Gasteiger partial charge in [0.2, 0.25) is 0 Å². The van der Waals surface area contributed by atoms with Gasteiger partial charge in [0.15, 0.2) is 0 Å². The van der Waals surface area contributed by atoms with Crippen molar-refractivity contribution < 1.29 is 30.0 Å². The molecule has 0 N–H and O–H groups in total. The number of rotatable bonds is 6. The summed E-state index contributed by atoms with van der Waals surface area (Å²) in [7, 11) is 0. The summed E-state index contributed by atoms with van der Waals surface area (Å²) in [5.41, 5.74) is 9.36. The van der Waals surface area contributed by atoms with Gasteiger partial charge in [-0.05, 0) is 29.0 Å². The summed E-state index contributed by atoms with van der Waals surface area (Å²) in [6.07, 6.45) is 3.76. The second-order valence-electron chi connectivity index (χ2n) is 13.3. The van der Waals surface area contributed by atoms with Crippen LogP contribution in [-0.4, -0.2) is 23.2 Å². The van der Waals surface area contributed by atoms with Gasteiger partial charge in [0, 0.05) is 39.0 Å². The quantitative estimate of drug-likeness (QED) is 0.123.